The summed E-state index contributed by atoms with van der Waals surface area (Å²) < 4.78 is 0. The van der Waals surface area contributed by atoms with Gasteiger partial charge in [0.2, 0.25) is 0 Å². The van der Waals surface area contributed by atoms with E-state index >= 15 is 0 Å². The Hall–Kier alpha value is -0.976. The van der Waals surface area contributed by atoms with Crippen molar-refractivity contribution >= 4 is 10.8 Å². The zero-order chi connectivity index (χ0) is 9.64. The molecule has 0 saturated heterocycles. The Kier molecular flexibility index (Phi) is 11.0. The minimum absolute atomic E-state index is 0. The molecule has 0 aromatic heterocycles. The summed E-state index contributed by atoms with van der Waals surface area (Å²) in [5.74, 6) is 0. The molecule has 2 aromatic rings. The molecular weight excluding hydrogens is 240 g/mol. The van der Waals surface area contributed by atoms with Crippen molar-refractivity contribution in [3.8, 4) is 0 Å². The largest absolute Gasteiger partial charge is 4.00 e. The number of hydrogen-bond acceptors (Lipinski definition) is 0. The average Bonchev–Trinajstić information content (AvgIpc) is 2.92. The Balaban J connectivity index is 0. The quantitative estimate of drug-likeness (QED) is 0.472. The number of allylic oxidation sites excluding steroid dienone is 4. The number of rotatable bonds is 0. The molecule has 17 heavy (non-hydrogen) atoms. The summed E-state index contributed by atoms with van der Waals surface area (Å²) in [6.45, 7) is 0. The van der Waals surface area contributed by atoms with Gasteiger partial charge in [0.25, 0.3) is 0 Å². The van der Waals surface area contributed by atoms with Crippen LogP contribution in [0.15, 0.2) is 60.7 Å². The Labute approximate surface area is 120 Å². The summed E-state index contributed by atoms with van der Waals surface area (Å²) in [6, 6.07) is 14.7. The van der Waals surface area contributed by atoms with Crippen LogP contribution in [-0.4, -0.2) is 0 Å². The van der Waals surface area contributed by atoms with E-state index in [0.717, 1.165) is 6.42 Å². The molecule has 2 aromatic carbocycles. The molecule has 0 nitrogen and oxygen atoms in total. The van der Waals surface area contributed by atoms with Crippen LogP contribution >= 0.6 is 0 Å². The summed E-state index contributed by atoms with van der Waals surface area (Å²) in [6.07, 6.45) is 10.0. The molecule has 1 aliphatic carbocycles. The molecule has 0 unspecified atom stereocenters. The van der Waals surface area contributed by atoms with Crippen LogP contribution in [0.25, 0.3) is 10.8 Å². The molecule has 0 saturated carbocycles. The maximum Gasteiger partial charge on any atom is 4.00 e. The number of hydrogen-bond donors (Lipinski definition) is 0. The van der Waals surface area contributed by atoms with Gasteiger partial charge >= 0.3 is 21.7 Å². The van der Waals surface area contributed by atoms with Crippen LogP contribution in [0.3, 0.4) is 0 Å². The molecule has 0 aliphatic heterocycles. The van der Waals surface area contributed by atoms with E-state index in [0.29, 0.717) is 0 Å². The van der Waals surface area contributed by atoms with Crippen LogP contribution in [0, 0.1) is 20.9 Å². The minimum Gasteiger partial charge on any atom is -0.358 e. The van der Waals surface area contributed by atoms with E-state index in [9.17, 15) is 0 Å². The maximum absolute atomic E-state index is 2.99. The summed E-state index contributed by atoms with van der Waals surface area (Å²) in [5, 5.41) is 2.66. The van der Waals surface area contributed by atoms with Crippen LogP contribution < -0.4 is 0 Å². The van der Waals surface area contributed by atoms with Gasteiger partial charge in [0.15, 0.2) is 0 Å². The van der Waals surface area contributed by atoms with Gasteiger partial charge in [0, 0.05) is 0 Å². The zero-order valence-electron chi connectivity index (χ0n) is 10.5. The first-order valence-corrected chi connectivity index (χ1v) is 4.79. The summed E-state index contributed by atoms with van der Waals surface area (Å²) in [7, 11) is 0. The topological polar surface area (TPSA) is 0 Å². The van der Waals surface area contributed by atoms with Crippen molar-refractivity contribution in [3.05, 3.63) is 81.6 Å². The number of benzene rings is 1. The minimum atomic E-state index is 0. The molecular formula is C16H18Ti. The Bertz CT molecular complexity index is 409. The van der Waals surface area contributed by atoms with Crippen molar-refractivity contribution in [1.82, 2.24) is 0 Å². The molecule has 0 spiro atoms. The predicted molar refractivity (Wildman–Crippen MR) is 73.9 cm³/mol. The Morgan fingerprint density at radius 2 is 1.82 bits per heavy atom. The SMILES string of the molecule is [C-]1=CC=CC1.[CH3-].[CH3-].[Ti+4].c1ccc2[cH-]ccc2c1. The molecule has 0 atom stereocenters. The second-order valence-corrected chi connectivity index (χ2v) is 3.16. The summed E-state index contributed by atoms with van der Waals surface area (Å²) in [4.78, 5) is 0. The third-order valence-corrected chi connectivity index (χ3v) is 2.13. The van der Waals surface area contributed by atoms with Crippen LogP contribution in [0.2, 0.25) is 0 Å². The van der Waals surface area contributed by atoms with E-state index in [1.807, 2.05) is 12.2 Å². The maximum atomic E-state index is 2.99. The van der Waals surface area contributed by atoms with Gasteiger partial charge < -0.3 is 14.9 Å². The first kappa shape index (κ1) is 18.4. The van der Waals surface area contributed by atoms with Gasteiger partial charge in [-0.1, -0.05) is 6.07 Å². The van der Waals surface area contributed by atoms with Gasteiger partial charge in [-0.15, -0.1) is 36.1 Å². The fourth-order valence-corrected chi connectivity index (χ4v) is 1.41. The molecule has 0 heterocycles. The molecule has 0 radical (unpaired) electrons. The van der Waals surface area contributed by atoms with Gasteiger partial charge in [-0.05, 0) is 0 Å². The van der Waals surface area contributed by atoms with Crippen molar-refractivity contribution in [1.29, 1.82) is 0 Å². The molecule has 0 N–H and O–H groups in total. The van der Waals surface area contributed by atoms with Crippen molar-refractivity contribution in [3.63, 3.8) is 0 Å². The third-order valence-electron chi connectivity index (χ3n) is 2.13. The Morgan fingerprint density at radius 3 is 2.35 bits per heavy atom. The second kappa shape index (κ2) is 10.2. The predicted octanol–water partition coefficient (Wildman–Crippen LogP) is 4.76. The monoisotopic (exact) mass is 258 g/mol. The van der Waals surface area contributed by atoms with Crippen molar-refractivity contribution in [2.45, 2.75) is 6.42 Å². The molecule has 0 fully saturated rings. The standard InChI is InChI=1S/C9H7.C5H5.2CH3.Ti/c1-2-5-9-7-3-6-8(9)4-1;1-2-4-5-3-1;;;/h1-7H;1-3H,4H2;2*1H3;/q4*-1;+4. The summed E-state index contributed by atoms with van der Waals surface area (Å²) >= 11 is 0. The average molecular weight is 258 g/mol. The smallest absolute Gasteiger partial charge is 0.358 e. The first-order chi connectivity index (χ1) is 6.97. The van der Waals surface area contributed by atoms with E-state index in [1.165, 1.54) is 10.8 Å². The van der Waals surface area contributed by atoms with Crippen LogP contribution in [0.1, 0.15) is 6.42 Å². The molecule has 0 bridgehead atoms. The van der Waals surface area contributed by atoms with Gasteiger partial charge in [-0.25, -0.2) is 12.2 Å². The third kappa shape index (κ3) is 5.77. The molecule has 3 rings (SSSR count). The molecule has 86 valence electrons. The van der Waals surface area contributed by atoms with E-state index in [4.69, 9.17) is 0 Å². The van der Waals surface area contributed by atoms with Crippen LogP contribution in [0.5, 0.6) is 0 Å². The van der Waals surface area contributed by atoms with Gasteiger partial charge in [0.05, 0.1) is 0 Å². The van der Waals surface area contributed by atoms with Crippen LogP contribution in [-0.2, 0) is 21.7 Å². The van der Waals surface area contributed by atoms with Crippen molar-refractivity contribution in [2.75, 3.05) is 0 Å². The first-order valence-electron chi connectivity index (χ1n) is 4.79. The van der Waals surface area contributed by atoms with E-state index < -0.39 is 0 Å². The van der Waals surface area contributed by atoms with Gasteiger partial charge in [-0.3, -0.25) is 6.08 Å². The summed E-state index contributed by atoms with van der Waals surface area (Å²) in [5.41, 5.74) is 0. The second-order valence-electron chi connectivity index (χ2n) is 3.16. The van der Waals surface area contributed by atoms with Gasteiger partial charge in [-0.2, -0.15) is 23.6 Å². The van der Waals surface area contributed by atoms with E-state index in [-0.39, 0.29) is 36.6 Å². The van der Waals surface area contributed by atoms with Gasteiger partial charge in [0.1, 0.15) is 0 Å². The zero-order valence-corrected chi connectivity index (χ0v) is 12.0. The van der Waals surface area contributed by atoms with Crippen LogP contribution in [0.4, 0.5) is 0 Å². The normalized spacial score (nSPS) is 10.6. The van der Waals surface area contributed by atoms with E-state index in [1.54, 1.807) is 0 Å². The number of fused-ring (bicyclic) bond motifs is 1. The molecule has 0 amide bonds. The molecule has 1 aliphatic rings. The van der Waals surface area contributed by atoms with Crippen molar-refractivity contribution < 1.29 is 21.7 Å². The van der Waals surface area contributed by atoms with Crippen molar-refractivity contribution in [2.24, 2.45) is 0 Å². The Morgan fingerprint density at radius 1 is 1.06 bits per heavy atom. The van der Waals surface area contributed by atoms with E-state index in [2.05, 4.69) is 54.6 Å². The fourth-order valence-electron chi connectivity index (χ4n) is 1.41. The molecule has 1 heteroatoms. The fraction of sp³-hybridized carbons (Fsp3) is 0.0625.